The van der Waals surface area contributed by atoms with E-state index in [2.05, 4.69) is 10.5 Å². The van der Waals surface area contributed by atoms with Gasteiger partial charge in [-0.2, -0.15) is 0 Å². The Morgan fingerprint density at radius 2 is 2.00 bits per heavy atom. The molecule has 7 heteroatoms. The number of nitrogens with one attached hydrogen (secondary N) is 1. The summed E-state index contributed by atoms with van der Waals surface area (Å²) in [5.41, 5.74) is 3.12. The van der Waals surface area contributed by atoms with Crippen molar-refractivity contribution in [2.24, 2.45) is 0 Å². The van der Waals surface area contributed by atoms with Gasteiger partial charge < -0.3 is 20.1 Å². The molecule has 1 heterocycles. The van der Waals surface area contributed by atoms with Gasteiger partial charge in [0.2, 0.25) is 5.91 Å². The van der Waals surface area contributed by atoms with Gasteiger partial charge in [-0.15, -0.1) is 0 Å². The highest BCUT2D eigenvalue weighted by Crippen LogP contribution is 2.22. The number of carbonyl (C=O) groups excluding carboxylic acids is 1. The van der Waals surface area contributed by atoms with E-state index in [1.807, 2.05) is 26.0 Å². The molecule has 2 aromatic rings. The van der Waals surface area contributed by atoms with E-state index in [9.17, 15) is 9.59 Å². The van der Waals surface area contributed by atoms with Crippen LogP contribution in [-0.2, 0) is 16.0 Å². The van der Waals surface area contributed by atoms with Crippen molar-refractivity contribution in [2.45, 2.75) is 26.3 Å². The first-order chi connectivity index (χ1) is 9.92. The molecule has 0 aliphatic rings. The molecule has 0 fully saturated rings. The number of nitrogens with zero attached hydrogens (tertiary/aromatic N) is 1. The maximum atomic E-state index is 11.8. The highest BCUT2D eigenvalue weighted by Gasteiger charge is 2.20. The summed E-state index contributed by atoms with van der Waals surface area (Å²) in [6, 6.07) is 2.40. The number of aryl methyl sites for hydroxylation is 2. The van der Waals surface area contributed by atoms with Crippen LogP contribution < -0.4 is 5.32 Å². The number of benzene rings is 1. The Labute approximate surface area is 120 Å². The minimum Gasteiger partial charge on any atom is -0.480 e. The first kappa shape index (κ1) is 15.0. The summed E-state index contributed by atoms with van der Waals surface area (Å²) in [5, 5.41) is 24.5. The van der Waals surface area contributed by atoms with Crippen LogP contribution >= 0.6 is 0 Å². The first-order valence-electron chi connectivity index (χ1n) is 6.41. The summed E-state index contributed by atoms with van der Waals surface area (Å²) < 4.78 is 5.17. The molecule has 1 unspecified atom stereocenters. The largest absolute Gasteiger partial charge is 0.480 e. The Morgan fingerprint density at radius 3 is 2.62 bits per heavy atom. The maximum absolute atomic E-state index is 11.8. The van der Waals surface area contributed by atoms with Crippen LogP contribution in [0, 0.1) is 13.8 Å². The standard InChI is InChI=1S/C14H16N2O5/c1-7-3-9-10(16-21-12(9)4-8(7)2)5-13(18)15-11(6-17)14(19)20/h3-4,11,17H,5-6H2,1-2H3,(H,15,18)(H,19,20). The molecular formula is C14H16N2O5. The molecule has 0 saturated heterocycles. The van der Waals surface area contributed by atoms with Crippen molar-refractivity contribution in [3.05, 3.63) is 29.0 Å². The van der Waals surface area contributed by atoms with E-state index in [0.717, 1.165) is 16.5 Å². The van der Waals surface area contributed by atoms with Gasteiger partial charge in [0.1, 0.15) is 11.7 Å². The molecule has 0 saturated carbocycles. The lowest BCUT2D eigenvalue weighted by molar-refractivity contribution is -0.142. The van der Waals surface area contributed by atoms with Gasteiger partial charge in [-0.25, -0.2) is 4.79 Å². The Hall–Kier alpha value is -2.41. The lowest BCUT2D eigenvalue weighted by Crippen LogP contribution is -2.44. The molecule has 3 N–H and O–H groups in total. The zero-order chi connectivity index (χ0) is 15.6. The highest BCUT2D eigenvalue weighted by atomic mass is 16.5. The van der Waals surface area contributed by atoms with Gasteiger partial charge in [-0.3, -0.25) is 4.79 Å². The molecule has 112 valence electrons. The predicted octanol–water partition coefficient (Wildman–Crippen LogP) is 0.549. The second kappa shape index (κ2) is 5.92. The monoisotopic (exact) mass is 292 g/mol. The summed E-state index contributed by atoms with van der Waals surface area (Å²) in [5.74, 6) is -1.83. The second-order valence-corrected chi connectivity index (χ2v) is 4.88. The third-order valence-corrected chi connectivity index (χ3v) is 3.30. The number of hydrogen-bond donors (Lipinski definition) is 3. The quantitative estimate of drug-likeness (QED) is 0.741. The van der Waals surface area contributed by atoms with Gasteiger partial charge in [0.25, 0.3) is 0 Å². The van der Waals surface area contributed by atoms with E-state index in [-0.39, 0.29) is 6.42 Å². The van der Waals surface area contributed by atoms with Gasteiger partial charge in [0.05, 0.1) is 13.0 Å². The summed E-state index contributed by atoms with van der Waals surface area (Å²) in [7, 11) is 0. The molecule has 2 rings (SSSR count). The van der Waals surface area contributed by atoms with Crippen LogP contribution in [0.5, 0.6) is 0 Å². The molecule has 0 aliphatic carbocycles. The molecule has 7 nitrogen and oxygen atoms in total. The van der Waals surface area contributed by atoms with Crippen molar-refractivity contribution in [2.75, 3.05) is 6.61 Å². The summed E-state index contributed by atoms with van der Waals surface area (Å²) in [6.45, 7) is 3.22. The number of carboxylic acids is 1. The van der Waals surface area contributed by atoms with Crippen LogP contribution in [0.4, 0.5) is 0 Å². The summed E-state index contributed by atoms with van der Waals surface area (Å²) >= 11 is 0. The third kappa shape index (κ3) is 3.19. The van der Waals surface area contributed by atoms with E-state index in [1.54, 1.807) is 0 Å². The number of aliphatic carboxylic acids is 1. The van der Waals surface area contributed by atoms with Gasteiger partial charge >= 0.3 is 5.97 Å². The van der Waals surface area contributed by atoms with Crippen molar-refractivity contribution in [3.8, 4) is 0 Å². The molecule has 1 aromatic carbocycles. The Morgan fingerprint density at radius 1 is 1.33 bits per heavy atom. The predicted molar refractivity (Wildman–Crippen MR) is 73.8 cm³/mol. The minimum atomic E-state index is -1.32. The average molecular weight is 292 g/mol. The van der Waals surface area contributed by atoms with Crippen LogP contribution in [0.3, 0.4) is 0 Å². The first-order valence-corrected chi connectivity index (χ1v) is 6.41. The summed E-state index contributed by atoms with van der Waals surface area (Å²) in [4.78, 5) is 22.6. The van der Waals surface area contributed by atoms with Crippen LogP contribution in [0.25, 0.3) is 11.0 Å². The SMILES string of the molecule is Cc1cc2onc(CC(=O)NC(CO)C(=O)O)c2cc1C. The molecular weight excluding hydrogens is 276 g/mol. The van der Waals surface area contributed by atoms with E-state index in [1.165, 1.54) is 0 Å². The fourth-order valence-corrected chi connectivity index (χ4v) is 1.95. The lowest BCUT2D eigenvalue weighted by Gasteiger charge is -2.10. The molecule has 21 heavy (non-hydrogen) atoms. The molecule has 0 radical (unpaired) electrons. The minimum absolute atomic E-state index is 0.112. The average Bonchev–Trinajstić information content (AvgIpc) is 2.78. The fourth-order valence-electron chi connectivity index (χ4n) is 1.95. The smallest absolute Gasteiger partial charge is 0.328 e. The van der Waals surface area contributed by atoms with Crippen molar-refractivity contribution in [3.63, 3.8) is 0 Å². The number of aromatic nitrogens is 1. The van der Waals surface area contributed by atoms with E-state index < -0.39 is 24.5 Å². The number of fused-ring (bicyclic) bond motifs is 1. The topological polar surface area (TPSA) is 113 Å². The van der Waals surface area contributed by atoms with Crippen LogP contribution in [-0.4, -0.2) is 39.9 Å². The van der Waals surface area contributed by atoms with Crippen LogP contribution in [0.1, 0.15) is 16.8 Å². The fraction of sp³-hybridized carbons (Fsp3) is 0.357. The number of hydrogen-bond acceptors (Lipinski definition) is 5. The maximum Gasteiger partial charge on any atom is 0.328 e. The van der Waals surface area contributed by atoms with Gasteiger partial charge in [0.15, 0.2) is 5.58 Å². The Bertz CT molecular complexity index is 692. The molecule has 1 atom stereocenters. The number of aliphatic hydroxyl groups is 1. The number of carboxylic acid groups (broad SMARTS) is 1. The van der Waals surface area contributed by atoms with Gasteiger partial charge in [-0.05, 0) is 37.1 Å². The molecule has 1 aromatic heterocycles. The highest BCUT2D eigenvalue weighted by molar-refractivity contribution is 5.89. The zero-order valence-electron chi connectivity index (χ0n) is 11.7. The van der Waals surface area contributed by atoms with Crippen molar-refractivity contribution in [1.82, 2.24) is 10.5 Å². The molecule has 1 amide bonds. The summed E-state index contributed by atoms with van der Waals surface area (Å²) in [6.07, 6.45) is -0.112. The number of carbonyl (C=O) groups is 2. The molecule has 0 spiro atoms. The van der Waals surface area contributed by atoms with Crippen molar-refractivity contribution in [1.29, 1.82) is 0 Å². The van der Waals surface area contributed by atoms with Crippen molar-refractivity contribution < 1.29 is 24.3 Å². The zero-order valence-corrected chi connectivity index (χ0v) is 11.7. The van der Waals surface area contributed by atoms with Crippen LogP contribution in [0.2, 0.25) is 0 Å². The second-order valence-electron chi connectivity index (χ2n) is 4.88. The van der Waals surface area contributed by atoms with Crippen LogP contribution in [0.15, 0.2) is 16.7 Å². The van der Waals surface area contributed by atoms with E-state index in [4.69, 9.17) is 14.7 Å². The Balaban J connectivity index is 2.18. The normalized spacial score (nSPS) is 12.3. The lowest BCUT2D eigenvalue weighted by atomic mass is 10.1. The van der Waals surface area contributed by atoms with E-state index >= 15 is 0 Å². The number of amides is 1. The number of aliphatic hydroxyl groups excluding tert-OH is 1. The van der Waals surface area contributed by atoms with Gasteiger partial charge in [-0.1, -0.05) is 5.16 Å². The molecule has 0 aliphatic heterocycles. The number of rotatable bonds is 5. The molecule has 0 bridgehead atoms. The third-order valence-electron chi connectivity index (χ3n) is 3.30. The van der Waals surface area contributed by atoms with Crippen molar-refractivity contribution >= 4 is 22.8 Å². The van der Waals surface area contributed by atoms with Gasteiger partial charge in [0, 0.05) is 5.39 Å². The Kier molecular flexibility index (Phi) is 4.23. The van der Waals surface area contributed by atoms with E-state index in [0.29, 0.717) is 11.3 Å².